The SMILES string of the molecule is CCCOCCCc1nc2ccc(Br)cc2[nH]1. The maximum absolute atomic E-state index is 5.45. The fourth-order valence-corrected chi connectivity index (χ4v) is 2.10. The number of halogens is 1. The summed E-state index contributed by atoms with van der Waals surface area (Å²) in [6, 6.07) is 6.09. The summed E-state index contributed by atoms with van der Waals surface area (Å²) >= 11 is 3.45. The number of H-pyrrole nitrogens is 1. The molecule has 0 fully saturated rings. The van der Waals surface area contributed by atoms with Crippen LogP contribution >= 0.6 is 15.9 Å². The fourth-order valence-electron chi connectivity index (χ4n) is 1.74. The first-order valence-electron chi connectivity index (χ1n) is 6.01. The molecular weight excluding hydrogens is 280 g/mol. The van der Waals surface area contributed by atoms with Gasteiger partial charge in [0, 0.05) is 24.1 Å². The number of ether oxygens (including phenoxy) is 1. The number of aryl methyl sites for hydroxylation is 1. The number of aromatic nitrogens is 2. The summed E-state index contributed by atoms with van der Waals surface area (Å²) in [5.74, 6) is 1.04. The van der Waals surface area contributed by atoms with Crippen molar-refractivity contribution in [3.8, 4) is 0 Å². The van der Waals surface area contributed by atoms with Crippen LogP contribution in [0.4, 0.5) is 0 Å². The van der Waals surface area contributed by atoms with Crippen LogP contribution in [0.5, 0.6) is 0 Å². The summed E-state index contributed by atoms with van der Waals surface area (Å²) in [6.07, 6.45) is 3.04. The molecule has 0 amide bonds. The smallest absolute Gasteiger partial charge is 0.107 e. The predicted molar refractivity (Wildman–Crippen MR) is 73.2 cm³/mol. The summed E-state index contributed by atoms with van der Waals surface area (Å²) in [5, 5.41) is 0. The third kappa shape index (κ3) is 3.54. The maximum atomic E-state index is 5.45. The molecule has 1 aromatic carbocycles. The van der Waals surface area contributed by atoms with Gasteiger partial charge < -0.3 is 9.72 Å². The second-order valence-corrected chi connectivity index (χ2v) is 4.98. The first kappa shape index (κ1) is 12.6. The molecule has 0 radical (unpaired) electrons. The van der Waals surface area contributed by atoms with Gasteiger partial charge in [0.2, 0.25) is 0 Å². The van der Waals surface area contributed by atoms with Crippen LogP contribution in [0.1, 0.15) is 25.6 Å². The number of rotatable bonds is 6. The average molecular weight is 297 g/mol. The van der Waals surface area contributed by atoms with E-state index in [2.05, 4.69) is 38.9 Å². The lowest BCUT2D eigenvalue weighted by Crippen LogP contribution is -1.98. The van der Waals surface area contributed by atoms with E-state index in [0.717, 1.165) is 53.8 Å². The second kappa shape index (κ2) is 6.17. The number of nitrogens with zero attached hydrogens (tertiary/aromatic N) is 1. The molecule has 0 bridgehead atoms. The molecule has 0 saturated carbocycles. The molecule has 2 aromatic rings. The van der Waals surface area contributed by atoms with Crippen molar-refractivity contribution in [3.05, 3.63) is 28.5 Å². The number of aromatic amines is 1. The monoisotopic (exact) mass is 296 g/mol. The Labute approximate surface area is 110 Å². The Morgan fingerprint density at radius 3 is 3.06 bits per heavy atom. The van der Waals surface area contributed by atoms with E-state index < -0.39 is 0 Å². The highest BCUT2D eigenvalue weighted by Crippen LogP contribution is 2.18. The van der Waals surface area contributed by atoms with E-state index in [-0.39, 0.29) is 0 Å². The third-order valence-electron chi connectivity index (χ3n) is 2.54. The van der Waals surface area contributed by atoms with Crippen molar-refractivity contribution in [1.82, 2.24) is 9.97 Å². The van der Waals surface area contributed by atoms with E-state index in [1.807, 2.05) is 12.1 Å². The molecule has 0 aliphatic carbocycles. The van der Waals surface area contributed by atoms with Gasteiger partial charge in [0.1, 0.15) is 5.82 Å². The highest BCUT2D eigenvalue weighted by molar-refractivity contribution is 9.10. The Morgan fingerprint density at radius 2 is 2.24 bits per heavy atom. The van der Waals surface area contributed by atoms with Crippen LogP contribution in [0.25, 0.3) is 11.0 Å². The van der Waals surface area contributed by atoms with E-state index in [4.69, 9.17) is 4.74 Å². The minimum atomic E-state index is 0.814. The van der Waals surface area contributed by atoms with Crippen molar-refractivity contribution in [1.29, 1.82) is 0 Å². The Kier molecular flexibility index (Phi) is 4.57. The average Bonchev–Trinajstić information content (AvgIpc) is 2.70. The molecule has 0 atom stereocenters. The fraction of sp³-hybridized carbons (Fsp3) is 0.462. The highest BCUT2D eigenvalue weighted by Gasteiger charge is 2.02. The maximum Gasteiger partial charge on any atom is 0.107 e. The summed E-state index contributed by atoms with van der Waals surface area (Å²) in [5.41, 5.74) is 2.11. The van der Waals surface area contributed by atoms with E-state index >= 15 is 0 Å². The minimum absolute atomic E-state index is 0.814. The van der Waals surface area contributed by atoms with Crippen LogP contribution in [-0.4, -0.2) is 23.2 Å². The lowest BCUT2D eigenvalue weighted by molar-refractivity contribution is 0.132. The van der Waals surface area contributed by atoms with Crippen LogP contribution < -0.4 is 0 Å². The quantitative estimate of drug-likeness (QED) is 0.826. The van der Waals surface area contributed by atoms with E-state index in [0.29, 0.717) is 0 Å². The minimum Gasteiger partial charge on any atom is -0.381 e. The van der Waals surface area contributed by atoms with Crippen LogP contribution in [0.15, 0.2) is 22.7 Å². The van der Waals surface area contributed by atoms with Crippen molar-refractivity contribution in [2.45, 2.75) is 26.2 Å². The number of hydrogen-bond donors (Lipinski definition) is 1. The Morgan fingerprint density at radius 1 is 1.35 bits per heavy atom. The Balaban J connectivity index is 1.91. The molecule has 92 valence electrons. The normalized spacial score (nSPS) is 11.2. The van der Waals surface area contributed by atoms with Crippen LogP contribution in [0.3, 0.4) is 0 Å². The molecule has 0 aliphatic rings. The van der Waals surface area contributed by atoms with Gasteiger partial charge in [-0.1, -0.05) is 22.9 Å². The van der Waals surface area contributed by atoms with Crippen LogP contribution in [0, 0.1) is 0 Å². The van der Waals surface area contributed by atoms with Crippen molar-refractivity contribution < 1.29 is 4.74 Å². The molecule has 0 saturated heterocycles. The van der Waals surface area contributed by atoms with Gasteiger partial charge in [-0.3, -0.25) is 0 Å². The van der Waals surface area contributed by atoms with Crippen LogP contribution in [0.2, 0.25) is 0 Å². The van der Waals surface area contributed by atoms with Gasteiger partial charge in [-0.25, -0.2) is 4.98 Å². The van der Waals surface area contributed by atoms with Crippen molar-refractivity contribution in [2.24, 2.45) is 0 Å². The predicted octanol–water partition coefficient (Wildman–Crippen LogP) is 3.68. The number of benzene rings is 1. The number of nitrogens with one attached hydrogen (secondary N) is 1. The zero-order chi connectivity index (χ0) is 12.1. The lowest BCUT2D eigenvalue weighted by atomic mass is 10.3. The summed E-state index contributed by atoms with van der Waals surface area (Å²) < 4.78 is 6.52. The van der Waals surface area contributed by atoms with Crippen molar-refractivity contribution in [2.75, 3.05) is 13.2 Å². The van der Waals surface area contributed by atoms with Gasteiger partial charge in [-0.15, -0.1) is 0 Å². The molecule has 17 heavy (non-hydrogen) atoms. The second-order valence-electron chi connectivity index (χ2n) is 4.06. The van der Waals surface area contributed by atoms with Gasteiger partial charge >= 0.3 is 0 Å². The van der Waals surface area contributed by atoms with Crippen molar-refractivity contribution in [3.63, 3.8) is 0 Å². The molecule has 1 N–H and O–H groups in total. The van der Waals surface area contributed by atoms with Crippen LogP contribution in [-0.2, 0) is 11.2 Å². The molecule has 4 heteroatoms. The van der Waals surface area contributed by atoms with E-state index in [9.17, 15) is 0 Å². The van der Waals surface area contributed by atoms with E-state index in [1.165, 1.54) is 0 Å². The van der Waals surface area contributed by atoms with Gasteiger partial charge in [0.15, 0.2) is 0 Å². The number of imidazole rings is 1. The van der Waals surface area contributed by atoms with Gasteiger partial charge in [0.05, 0.1) is 11.0 Å². The zero-order valence-electron chi connectivity index (χ0n) is 10.0. The molecule has 1 aromatic heterocycles. The summed E-state index contributed by atoms with van der Waals surface area (Å²) in [4.78, 5) is 7.87. The summed E-state index contributed by atoms with van der Waals surface area (Å²) in [7, 11) is 0. The lowest BCUT2D eigenvalue weighted by Gasteiger charge is -2.00. The Hall–Kier alpha value is -0.870. The number of hydrogen-bond acceptors (Lipinski definition) is 2. The standard InChI is InChI=1S/C13H17BrN2O/c1-2-7-17-8-3-4-13-15-11-6-5-10(14)9-12(11)16-13/h5-6,9H,2-4,7-8H2,1H3,(H,15,16). The molecular formula is C13H17BrN2O. The van der Waals surface area contributed by atoms with E-state index in [1.54, 1.807) is 0 Å². The molecule has 3 nitrogen and oxygen atoms in total. The molecule has 2 rings (SSSR count). The molecule has 0 unspecified atom stereocenters. The Bertz CT molecular complexity index is 481. The van der Waals surface area contributed by atoms with Gasteiger partial charge in [-0.05, 0) is 31.0 Å². The first-order valence-corrected chi connectivity index (χ1v) is 6.81. The topological polar surface area (TPSA) is 37.9 Å². The molecule has 0 spiro atoms. The molecule has 0 aliphatic heterocycles. The highest BCUT2D eigenvalue weighted by atomic mass is 79.9. The third-order valence-corrected chi connectivity index (χ3v) is 3.04. The van der Waals surface area contributed by atoms with Crippen molar-refractivity contribution >= 4 is 27.0 Å². The number of fused-ring (bicyclic) bond motifs is 1. The zero-order valence-corrected chi connectivity index (χ0v) is 11.6. The molecule has 1 heterocycles. The largest absolute Gasteiger partial charge is 0.381 e. The first-order chi connectivity index (χ1) is 8.29. The van der Waals surface area contributed by atoms with Gasteiger partial charge in [-0.2, -0.15) is 0 Å². The van der Waals surface area contributed by atoms with Gasteiger partial charge in [0.25, 0.3) is 0 Å². The summed E-state index contributed by atoms with van der Waals surface area (Å²) in [6.45, 7) is 3.79.